The normalized spacial score (nSPS) is 9.79. The van der Waals surface area contributed by atoms with Crippen molar-refractivity contribution in [1.29, 1.82) is 0 Å². The minimum absolute atomic E-state index is 0.387. The van der Waals surface area contributed by atoms with Crippen molar-refractivity contribution in [3.8, 4) is 17.6 Å². The Hall–Kier alpha value is -1.15. The molecule has 0 saturated carbocycles. The monoisotopic (exact) mass is 279 g/mol. The van der Waals surface area contributed by atoms with Crippen LogP contribution in [0.25, 0.3) is 0 Å². The molecule has 1 aromatic rings. The first-order valence-electron chi connectivity index (χ1n) is 6.35. The van der Waals surface area contributed by atoms with Crippen molar-refractivity contribution in [1.82, 2.24) is 0 Å². The van der Waals surface area contributed by atoms with E-state index >= 15 is 0 Å². The summed E-state index contributed by atoms with van der Waals surface area (Å²) in [5.41, 5.74) is 6.29. The minimum Gasteiger partial charge on any atom is -0.493 e. The van der Waals surface area contributed by atoms with Crippen LogP contribution in [-0.4, -0.2) is 38.4 Å². The lowest BCUT2D eigenvalue weighted by Gasteiger charge is -2.06. The summed E-state index contributed by atoms with van der Waals surface area (Å²) in [5.74, 6) is 8.80. The highest BCUT2D eigenvalue weighted by molar-refractivity contribution is 7.99. The van der Waals surface area contributed by atoms with Crippen LogP contribution in [0.5, 0.6) is 5.75 Å². The quantitative estimate of drug-likeness (QED) is 0.585. The van der Waals surface area contributed by atoms with Gasteiger partial charge in [0.05, 0.1) is 13.2 Å². The molecule has 104 valence electrons. The second-order valence-electron chi connectivity index (χ2n) is 3.84. The van der Waals surface area contributed by atoms with Crippen LogP contribution in [-0.2, 0) is 4.74 Å². The van der Waals surface area contributed by atoms with Crippen LogP contribution in [0.15, 0.2) is 24.3 Å². The molecule has 4 heteroatoms. The zero-order chi connectivity index (χ0) is 13.8. The second kappa shape index (κ2) is 10.7. The molecule has 1 aromatic carbocycles. The molecule has 0 aromatic heterocycles. The number of hydrogen-bond acceptors (Lipinski definition) is 4. The molecule has 1 rings (SSSR count). The molecule has 0 fully saturated rings. The van der Waals surface area contributed by atoms with Crippen LogP contribution in [0.1, 0.15) is 12.0 Å². The van der Waals surface area contributed by atoms with Crippen LogP contribution in [0.4, 0.5) is 0 Å². The van der Waals surface area contributed by atoms with Gasteiger partial charge in [-0.25, -0.2) is 0 Å². The van der Waals surface area contributed by atoms with Gasteiger partial charge in [-0.15, -0.1) is 0 Å². The van der Waals surface area contributed by atoms with E-state index in [1.165, 1.54) is 0 Å². The first-order valence-corrected chi connectivity index (χ1v) is 7.50. The van der Waals surface area contributed by atoms with E-state index in [1.807, 2.05) is 36.0 Å². The summed E-state index contributed by atoms with van der Waals surface area (Å²) in [6.45, 7) is 1.95. The van der Waals surface area contributed by atoms with Crippen molar-refractivity contribution in [3.05, 3.63) is 29.8 Å². The van der Waals surface area contributed by atoms with Crippen molar-refractivity contribution in [2.75, 3.05) is 38.4 Å². The molecule has 0 saturated heterocycles. The SMILES string of the molecule is COCCCSCCOc1ccc(C#CCN)cc1. The third-order valence-corrected chi connectivity index (χ3v) is 3.36. The summed E-state index contributed by atoms with van der Waals surface area (Å²) < 4.78 is 10.6. The Morgan fingerprint density at radius 1 is 1.16 bits per heavy atom. The molecule has 0 radical (unpaired) electrons. The van der Waals surface area contributed by atoms with Crippen molar-refractivity contribution in [3.63, 3.8) is 0 Å². The van der Waals surface area contributed by atoms with E-state index in [0.717, 1.165) is 42.5 Å². The number of rotatable bonds is 8. The van der Waals surface area contributed by atoms with Gasteiger partial charge in [0.2, 0.25) is 0 Å². The summed E-state index contributed by atoms with van der Waals surface area (Å²) in [4.78, 5) is 0. The minimum atomic E-state index is 0.387. The summed E-state index contributed by atoms with van der Waals surface area (Å²) in [5, 5.41) is 0. The maximum Gasteiger partial charge on any atom is 0.119 e. The lowest BCUT2D eigenvalue weighted by Crippen LogP contribution is -2.01. The van der Waals surface area contributed by atoms with Gasteiger partial charge in [0.25, 0.3) is 0 Å². The van der Waals surface area contributed by atoms with Crippen molar-refractivity contribution >= 4 is 11.8 Å². The van der Waals surface area contributed by atoms with Gasteiger partial charge in [-0.3, -0.25) is 0 Å². The fraction of sp³-hybridized carbons (Fsp3) is 0.467. The van der Waals surface area contributed by atoms with Crippen LogP contribution in [0, 0.1) is 11.8 Å². The van der Waals surface area contributed by atoms with E-state index in [9.17, 15) is 0 Å². The zero-order valence-corrected chi connectivity index (χ0v) is 12.2. The van der Waals surface area contributed by atoms with Crippen LogP contribution in [0.3, 0.4) is 0 Å². The molecule has 0 spiro atoms. The molecule has 19 heavy (non-hydrogen) atoms. The first kappa shape index (κ1) is 15.9. The van der Waals surface area contributed by atoms with Gasteiger partial charge in [0, 0.05) is 25.0 Å². The van der Waals surface area contributed by atoms with E-state index in [-0.39, 0.29) is 0 Å². The van der Waals surface area contributed by atoms with Crippen LogP contribution < -0.4 is 10.5 Å². The first-order chi connectivity index (χ1) is 9.36. The smallest absolute Gasteiger partial charge is 0.119 e. The number of nitrogens with two attached hydrogens (primary N) is 1. The highest BCUT2D eigenvalue weighted by atomic mass is 32.2. The topological polar surface area (TPSA) is 44.5 Å². The molecule has 2 N–H and O–H groups in total. The predicted octanol–water partition coefficient (Wildman–Crippen LogP) is 2.15. The number of thioether (sulfide) groups is 1. The summed E-state index contributed by atoms with van der Waals surface area (Å²) in [6, 6.07) is 7.78. The standard InChI is InChI=1S/C15H21NO2S/c1-17-10-3-12-19-13-11-18-15-7-5-14(6-8-15)4-2-9-16/h5-8H,3,9-13,16H2,1H3. The summed E-state index contributed by atoms with van der Waals surface area (Å²) in [7, 11) is 1.73. The Labute approximate surface area is 119 Å². The maximum atomic E-state index is 5.65. The molecule has 0 heterocycles. The lowest BCUT2D eigenvalue weighted by atomic mass is 10.2. The van der Waals surface area contributed by atoms with Gasteiger partial charge in [0.15, 0.2) is 0 Å². The Morgan fingerprint density at radius 2 is 1.95 bits per heavy atom. The molecule has 0 aliphatic carbocycles. The number of ether oxygens (including phenoxy) is 2. The highest BCUT2D eigenvalue weighted by Crippen LogP contribution is 2.12. The Balaban J connectivity index is 2.16. The van der Waals surface area contributed by atoms with Crippen LogP contribution in [0.2, 0.25) is 0 Å². The molecular formula is C15H21NO2S. The Bertz CT molecular complexity index is 395. The van der Waals surface area contributed by atoms with Crippen LogP contribution >= 0.6 is 11.8 Å². The average molecular weight is 279 g/mol. The van der Waals surface area contributed by atoms with E-state index in [4.69, 9.17) is 15.2 Å². The van der Waals surface area contributed by atoms with Gasteiger partial charge in [-0.05, 0) is 36.4 Å². The lowest BCUT2D eigenvalue weighted by molar-refractivity contribution is 0.200. The van der Waals surface area contributed by atoms with Gasteiger partial charge in [-0.2, -0.15) is 11.8 Å². The third kappa shape index (κ3) is 7.78. The molecular weight excluding hydrogens is 258 g/mol. The maximum absolute atomic E-state index is 5.65. The molecule has 0 aliphatic heterocycles. The summed E-state index contributed by atoms with van der Waals surface area (Å²) in [6.07, 6.45) is 1.09. The van der Waals surface area contributed by atoms with Gasteiger partial charge in [-0.1, -0.05) is 11.8 Å². The fourth-order valence-electron chi connectivity index (χ4n) is 1.41. The molecule has 0 bridgehead atoms. The second-order valence-corrected chi connectivity index (χ2v) is 5.06. The van der Waals surface area contributed by atoms with Crippen molar-refractivity contribution in [2.24, 2.45) is 5.73 Å². The molecule has 0 atom stereocenters. The number of hydrogen-bond donors (Lipinski definition) is 1. The summed E-state index contributed by atoms with van der Waals surface area (Å²) >= 11 is 1.89. The van der Waals surface area contributed by atoms with Gasteiger partial charge < -0.3 is 15.2 Å². The molecule has 0 aliphatic rings. The van der Waals surface area contributed by atoms with Gasteiger partial charge >= 0.3 is 0 Å². The molecule has 0 unspecified atom stereocenters. The zero-order valence-electron chi connectivity index (χ0n) is 11.4. The Kier molecular flexibility index (Phi) is 8.99. The van der Waals surface area contributed by atoms with E-state index in [1.54, 1.807) is 7.11 Å². The van der Waals surface area contributed by atoms with Crippen molar-refractivity contribution < 1.29 is 9.47 Å². The predicted molar refractivity (Wildman–Crippen MR) is 81.7 cm³/mol. The fourth-order valence-corrected chi connectivity index (χ4v) is 2.14. The van der Waals surface area contributed by atoms with Gasteiger partial charge in [0.1, 0.15) is 5.75 Å². The van der Waals surface area contributed by atoms with E-state index in [0.29, 0.717) is 6.54 Å². The Morgan fingerprint density at radius 3 is 2.63 bits per heavy atom. The highest BCUT2D eigenvalue weighted by Gasteiger charge is 1.95. The number of benzene rings is 1. The van der Waals surface area contributed by atoms with E-state index in [2.05, 4.69) is 11.8 Å². The van der Waals surface area contributed by atoms with Crippen molar-refractivity contribution in [2.45, 2.75) is 6.42 Å². The van der Waals surface area contributed by atoms with E-state index < -0.39 is 0 Å². The largest absolute Gasteiger partial charge is 0.493 e. The average Bonchev–Trinajstić information content (AvgIpc) is 2.45. The molecule has 3 nitrogen and oxygen atoms in total. The molecule has 0 amide bonds. The third-order valence-electron chi connectivity index (χ3n) is 2.32. The number of methoxy groups -OCH3 is 1.